The fourth-order valence-corrected chi connectivity index (χ4v) is 2.08. The van der Waals surface area contributed by atoms with Gasteiger partial charge >= 0.3 is 6.18 Å². The third kappa shape index (κ3) is 3.00. The van der Waals surface area contributed by atoms with Crippen molar-refractivity contribution in [2.24, 2.45) is 5.73 Å². The van der Waals surface area contributed by atoms with Crippen LogP contribution in [0.5, 0.6) is 0 Å². The summed E-state index contributed by atoms with van der Waals surface area (Å²) in [6, 6.07) is 6.60. The van der Waals surface area contributed by atoms with Crippen molar-refractivity contribution in [3.8, 4) is 0 Å². The lowest BCUT2D eigenvalue weighted by Crippen LogP contribution is -2.31. The highest BCUT2D eigenvalue weighted by molar-refractivity contribution is 5.27. The summed E-state index contributed by atoms with van der Waals surface area (Å²) >= 11 is 0. The second-order valence-electron chi connectivity index (χ2n) is 5.07. The van der Waals surface area contributed by atoms with Crippen LogP contribution in [0.1, 0.15) is 36.3 Å². The van der Waals surface area contributed by atoms with Gasteiger partial charge in [0.05, 0.1) is 5.92 Å². The topological polar surface area (TPSA) is 26.0 Å². The number of alkyl halides is 3. The standard InChI is InChI=1S/C13H16F3N/c1-9-3-2-4-10(7-9)11(13(14,15)16)8-12(17)5-6-12/h2-4,7,11H,5-6,8,17H2,1H3. The van der Waals surface area contributed by atoms with Crippen LogP contribution in [0.4, 0.5) is 13.2 Å². The molecule has 1 aromatic rings. The van der Waals surface area contributed by atoms with Crippen LogP contribution >= 0.6 is 0 Å². The van der Waals surface area contributed by atoms with Crippen LogP contribution in [0.3, 0.4) is 0 Å². The van der Waals surface area contributed by atoms with Gasteiger partial charge in [0.1, 0.15) is 0 Å². The van der Waals surface area contributed by atoms with E-state index in [-0.39, 0.29) is 6.42 Å². The van der Waals surface area contributed by atoms with Gasteiger partial charge in [0.2, 0.25) is 0 Å². The molecule has 0 bridgehead atoms. The molecule has 1 saturated carbocycles. The largest absolute Gasteiger partial charge is 0.395 e. The van der Waals surface area contributed by atoms with E-state index in [1.165, 1.54) is 6.07 Å². The molecule has 2 rings (SSSR count). The first-order valence-electron chi connectivity index (χ1n) is 5.72. The lowest BCUT2D eigenvalue weighted by atomic mass is 9.90. The van der Waals surface area contributed by atoms with Crippen LogP contribution < -0.4 is 5.73 Å². The van der Waals surface area contributed by atoms with E-state index in [0.717, 1.165) is 5.56 Å². The molecular weight excluding hydrogens is 227 g/mol. The molecule has 0 radical (unpaired) electrons. The molecule has 4 heteroatoms. The van der Waals surface area contributed by atoms with E-state index in [1.807, 2.05) is 0 Å². The van der Waals surface area contributed by atoms with E-state index in [4.69, 9.17) is 5.73 Å². The summed E-state index contributed by atoms with van der Waals surface area (Å²) in [4.78, 5) is 0. The highest BCUT2D eigenvalue weighted by Crippen LogP contribution is 2.47. The highest BCUT2D eigenvalue weighted by Gasteiger charge is 2.49. The quantitative estimate of drug-likeness (QED) is 0.863. The molecule has 1 aliphatic carbocycles. The maximum atomic E-state index is 13.0. The van der Waals surface area contributed by atoms with Crippen LogP contribution in [-0.2, 0) is 0 Å². The number of aryl methyl sites for hydroxylation is 1. The second kappa shape index (κ2) is 4.02. The second-order valence-corrected chi connectivity index (χ2v) is 5.07. The lowest BCUT2D eigenvalue weighted by Gasteiger charge is -2.24. The maximum Gasteiger partial charge on any atom is 0.395 e. The molecule has 0 heterocycles. The third-order valence-electron chi connectivity index (χ3n) is 3.34. The Bertz CT molecular complexity index is 407. The van der Waals surface area contributed by atoms with Gasteiger partial charge in [-0.3, -0.25) is 0 Å². The summed E-state index contributed by atoms with van der Waals surface area (Å²) in [5.41, 5.74) is 6.40. The van der Waals surface area contributed by atoms with Crippen molar-refractivity contribution >= 4 is 0 Å². The predicted molar refractivity (Wildman–Crippen MR) is 60.7 cm³/mol. The van der Waals surface area contributed by atoms with Gasteiger partial charge in [0, 0.05) is 5.54 Å². The lowest BCUT2D eigenvalue weighted by molar-refractivity contribution is -0.153. The first-order valence-corrected chi connectivity index (χ1v) is 5.72. The summed E-state index contributed by atoms with van der Waals surface area (Å²) in [5.74, 6) is -1.44. The molecule has 1 aromatic carbocycles. The van der Waals surface area contributed by atoms with Gasteiger partial charge in [-0.1, -0.05) is 29.8 Å². The van der Waals surface area contributed by atoms with E-state index in [1.54, 1.807) is 25.1 Å². The van der Waals surface area contributed by atoms with Gasteiger partial charge in [-0.15, -0.1) is 0 Å². The molecular formula is C13H16F3N. The average Bonchev–Trinajstić information content (AvgIpc) is 2.92. The molecule has 1 atom stereocenters. The molecule has 1 nitrogen and oxygen atoms in total. The number of hydrogen-bond acceptors (Lipinski definition) is 1. The Kier molecular flexibility index (Phi) is 2.94. The summed E-state index contributed by atoms with van der Waals surface area (Å²) in [5, 5.41) is 0. The van der Waals surface area contributed by atoms with Gasteiger partial charge in [0.15, 0.2) is 0 Å². The van der Waals surface area contributed by atoms with Gasteiger partial charge in [0.25, 0.3) is 0 Å². The Labute approximate surface area is 98.8 Å². The number of rotatable bonds is 3. The van der Waals surface area contributed by atoms with Crippen molar-refractivity contribution in [3.63, 3.8) is 0 Å². The minimum atomic E-state index is -4.22. The number of hydrogen-bond donors (Lipinski definition) is 1. The fraction of sp³-hybridized carbons (Fsp3) is 0.538. The summed E-state index contributed by atoms with van der Waals surface area (Å²) in [7, 11) is 0. The third-order valence-corrected chi connectivity index (χ3v) is 3.34. The van der Waals surface area contributed by atoms with Crippen molar-refractivity contribution in [1.82, 2.24) is 0 Å². The molecule has 2 N–H and O–H groups in total. The zero-order chi connectivity index (χ0) is 12.7. The van der Waals surface area contributed by atoms with Crippen LogP contribution in [0.15, 0.2) is 24.3 Å². The van der Waals surface area contributed by atoms with Crippen molar-refractivity contribution in [1.29, 1.82) is 0 Å². The normalized spacial score (nSPS) is 20.1. The zero-order valence-corrected chi connectivity index (χ0v) is 9.72. The Morgan fingerprint density at radius 2 is 2.00 bits per heavy atom. The molecule has 1 aliphatic rings. The van der Waals surface area contributed by atoms with Crippen molar-refractivity contribution in [2.45, 2.75) is 43.8 Å². The number of nitrogens with two attached hydrogens (primary N) is 1. The van der Waals surface area contributed by atoms with E-state index >= 15 is 0 Å². The Balaban J connectivity index is 2.26. The minimum absolute atomic E-state index is 0.0000463. The van der Waals surface area contributed by atoms with Crippen molar-refractivity contribution in [3.05, 3.63) is 35.4 Å². The molecule has 1 fully saturated rings. The summed E-state index contributed by atoms with van der Waals surface area (Å²) < 4.78 is 39.1. The highest BCUT2D eigenvalue weighted by atomic mass is 19.4. The minimum Gasteiger partial charge on any atom is -0.325 e. The van der Waals surface area contributed by atoms with Gasteiger partial charge in [-0.25, -0.2) is 0 Å². The molecule has 0 amide bonds. The van der Waals surface area contributed by atoms with E-state index in [2.05, 4.69) is 0 Å². The summed E-state index contributed by atoms with van der Waals surface area (Å²) in [6.45, 7) is 1.80. The van der Waals surface area contributed by atoms with Crippen LogP contribution in [0.2, 0.25) is 0 Å². The maximum absolute atomic E-state index is 13.0. The van der Waals surface area contributed by atoms with Crippen molar-refractivity contribution < 1.29 is 13.2 Å². The first kappa shape index (κ1) is 12.4. The fourth-order valence-electron chi connectivity index (χ4n) is 2.08. The van der Waals surface area contributed by atoms with E-state index in [0.29, 0.717) is 18.4 Å². The predicted octanol–water partition coefficient (Wildman–Crippen LogP) is 3.52. The smallest absolute Gasteiger partial charge is 0.325 e. The van der Waals surface area contributed by atoms with Crippen LogP contribution in [0, 0.1) is 6.92 Å². The summed E-state index contributed by atoms with van der Waals surface area (Å²) in [6.07, 6.45) is -2.82. The zero-order valence-electron chi connectivity index (χ0n) is 9.72. The SMILES string of the molecule is Cc1cccc(C(CC2(N)CC2)C(F)(F)F)c1. The Morgan fingerprint density at radius 3 is 2.47 bits per heavy atom. The number of halogens is 3. The number of benzene rings is 1. The molecule has 0 aliphatic heterocycles. The average molecular weight is 243 g/mol. The Morgan fingerprint density at radius 1 is 1.35 bits per heavy atom. The molecule has 0 saturated heterocycles. The van der Waals surface area contributed by atoms with E-state index in [9.17, 15) is 13.2 Å². The monoisotopic (exact) mass is 243 g/mol. The molecule has 0 aromatic heterocycles. The van der Waals surface area contributed by atoms with Gasteiger partial charge < -0.3 is 5.73 Å². The van der Waals surface area contributed by atoms with Gasteiger partial charge in [-0.05, 0) is 31.7 Å². The molecule has 94 valence electrons. The molecule has 1 unspecified atom stereocenters. The Hall–Kier alpha value is -1.03. The first-order chi connectivity index (χ1) is 7.80. The van der Waals surface area contributed by atoms with Crippen molar-refractivity contribution in [2.75, 3.05) is 0 Å². The van der Waals surface area contributed by atoms with E-state index < -0.39 is 17.6 Å². The molecule has 17 heavy (non-hydrogen) atoms. The van der Waals surface area contributed by atoms with Crippen LogP contribution in [0.25, 0.3) is 0 Å². The van der Waals surface area contributed by atoms with Gasteiger partial charge in [-0.2, -0.15) is 13.2 Å². The molecule has 0 spiro atoms. The van der Waals surface area contributed by atoms with Crippen LogP contribution in [-0.4, -0.2) is 11.7 Å².